The molecule has 2 amide bonds. The zero-order valence-corrected chi connectivity index (χ0v) is 18.3. The third-order valence-electron chi connectivity index (χ3n) is 5.66. The largest absolute Gasteiger partial charge is 0.495 e. The van der Waals surface area contributed by atoms with Crippen molar-refractivity contribution < 1.29 is 23.5 Å². The molecule has 0 saturated carbocycles. The summed E-state index contributed by atoms with van der Waals surface area (Å²) in [5.74, 6) is 0.866. The molecule has 1 unspecified atom stereocenters. The molecule has 2 aliphatic heterocycles. The number of amides is 2. The molecule has 0 aliphatic carbocycles. The molecule has 170 valence electrons. The van der Waals surface area contributed by atoms with Gasteiger partial charge in [-0.15, -0.1) is 0 Å². The van der Waals surface area contributed by atoms with E-state index in [4.69, 9.17) is 13.9 Å². The van der Waals surface area contributed by atoms with Crippen LogP contribution >= 0.6 is 0 Å². The Bertz CT molecular complexity index is 980. The Kier molecular flexibility index (Phi) is 6.65. The minimum atomic E-state index is -0.692. The van der Waals surface area contributed by atoms with E-state index in [9.17, 15) is 9.59 Å². The van der Waals surface area contributed by atoms with Crippen LogP contribution < -0.4 is 20.3 Å². The molecule has 4 rings (SSSR count). The molecule has 32 heavy (non-hydrogen) atoms. The summed E-state index contributed by atoms with van der Waals surface area (Å²) in [6, 6.07) is 10.4. The highest BCUT2D eigenvalue weighted by atomic mass is 16.5. The van der Waals surface area contributed by atoms with E-state index < -0.39 is 12.0 Å². The van der Waals surface area contributed by atoms with Gasteiger partial charge in [0.25, 0.3) is 0 Å². The predicted octanol–water partition coefficient (Wildman–Crippen LogP) is 2.28. The van der Waals surface area contributed by atoms with E-state index in [1.54, 1.807) is 26.2 Å². The zero-order valence-electron chi connectivity index (χ0n) is 18.3. The second-order valence-corrected chi connectivity index (χ2v) is 7.59. The summed E-state index contributed by atoms with van der Waals surface area (Å²) in [4.78, 5) is 29.7. The standard InChI is InChI=1S/C23H28N4O5/c1-3-31-22(28)20-16(24-23(29)25-21(20)19-9-6-14-32-19)15-26-10-12-27(13-11-26)17-7-4-5-8-18(17)30-2/h4-9,14,21H,3,10-13,15H2,1-2H3,(H2,24,25,29). The van der Waals surface area contributed by atoms with Crippen molar-refractivity contribution in [2.24, 2.45) is 0 Å². The van der Waals surface area contributed by atoms with E-state index in [2.05, 4.69) is 26.5 Å². The van der Waals surface area contributed by atoms with Crippen LogP contribution in [-0.2, 0) is 9.53 Å². The third kappa shape index (κ3) is 4.57. The summed E-state index contributed by atoms with van der Waals surface area (Å²) in [5.41, 5.74) is 1.97. The van der Waals surface area contributed by atoms with E-state index in [1.165, 1.54) is 6.26 Å². The molecule has 1 atom stereocenters. The number of carbonyl (C=O) groups is 2. The lowest BCUT2D eigenvalue weighted by molar-refractivity contribution is -0.139. The van der Waals surface area contributed by atoms with Crippen LogP contribution in [0, 0.1) is 0 Å². The highest BCUT2D eigenvalue weighted by Gasteiger charge is 2.36. The van der Waals surface area contributed by atoms with Crippen LogP contribution in [0.15, 0.2) is 58.3 Å². The molecule has 1 saturated heterocycles. The number of furan rings is 1. The fourth-order valence-corrected chi connectivity index (χ4v) is 4.12. The SMILES string of the molecule is CCOC(=O)C1=C(CN2CCN(c3ccccc3OC)CC2)NC(=O)NC1c1ccco1. The molecule has 2 aliphatic rings. The number of ether oxygens (including phenoxy) is 2. The number of benzene rings is 1. The number of methoxy groups -OCH3 is 1. The lowest BCUT2D eigenvalue weighted by atomic mass is 9.99. The highest BCUT2D eigenvalue weighted by molar-refractivity contribution is 5.95. The van der Waals surface area contributed by atoms with Crippen molar-refractivity contribution in [3.8, 4) is 5.75 Å². The summed E-state index contributed by atoms with van der Waals surface area (Å²) >= 11 is 0. The average molecular weight is 441 g/mol. The van der Waals surface area contributed by atoms with Crippen molar-refractivity contribution >= 4 is 17.7 Å². The molecular formula is C23H28N4O5. The van der Waals surface area contributed by atoms with Crippen molar-refractivity contribution in [1.29, 1.82) is 0 Å². The Labute approximate surface area is 186 Å². The number of esters is 1. The van der Waals surface area contributed by atoms with Gasteiger partial charge in [-0.25, -0.2) is 9.59 Å². The number of hydrogen-bond acceptors (Lipinski definition) is 7. The van der Waals surface area contributed by atoms with Gasteiger partial charge < -0.3 is 29.4 Å². The van der Waals surface area contributed by atoms with Gasteiger partial charge in [0.15, 0.2) is 0 Å². The molecule has 0 bridgehead atoms. The maximum atomic E-state index is 12.8. The van der Waals surface area contributed by atoms with Gasteiger partial charge in [0.2, 0.25) is 0 Å². The number of rotatable bonds is 7. The van der Waals surface area contributed by atoms with Gasteiger partial charge in [0.1, 0.15) is 17.6 Å². The van der Waals surface area contributed by atoms with Gasteiger partial charge in [-0.2, -0.15) is 0 Å². The van der Waals surface area contributed by atoms with Gasteiger partial charge in [-0.05, 0) is 31.2 Å². The summed E-state index contributed by atoms with van der Waals surface area (Å²) in [5, 5.41) is 5.59. The molecule has 0 radical (unpaired) electrons. The topological polar surface area (TPSA) is 96.3 Å². The van der Waals surface area contributed by atoms with Gasteiger partial charge >= 0.3 is 12.0 Å². The smallest absolute Gasteiger partial charge is 0.338 e. The van der Waals surface area contributed by atoms with Gasteiger partial charge in [-0.1, -0.05) is 12.1 Å². The third-order valence-corrected chi connectivity index (χ3v) is 5.66. The number of carbonyl (C=O) groups excluding carboxylic acids is 2. The van der Waals surface area contributed by atoms with Crippen molar-refractivity contribution in [3.63, 3.8) is 0 Å². The minimum absolute atomic E-state index is 0.242. The number of para-hydroxylation sites is 2. The van der Waals surface area contributed by atoms with Crippen molar-refractivity contribution in [2.75, 3.05) is 51.3 Å². The van der Waals surface area contributed by atoms with E-state index >= 15 is 0 Å². The lowest BCUT2D eigenvalue weighted by Gasteiger charge is -2.38. The van der Waals surface area contributed by atoms with Crippen molar-refractivity contribution in [3.05, 3.63) is 59.7 Å². The summed E-state index contributed by atoms with van der Waals surface area (Å²) in [7, 11) is 1.67. The number of anilines is 1. The van der Waals surface area contributed by atoms with E-state index in [-0.39, 0.29) is 12.6 Å². The first-order valence-corrected chi connectivity index (χ1v) is 10.7. The summed E-state index contributed by atoms with van der Waals surface area (Å²) < 4.78 is 16.3. The van der Waals surface area contributed by atoms with Crippen LogP contribution in [0.1, 0.15) is 18.7 Å². The van der Waals surface area contributed by atoms with E-state index in [0.717, 1.165) is 37.6 Å². The second kappa shape index (κ2) is 9.78. The first kappa shape index (κ1) is 21.8. The van der Waals surface area contributed by atoms with E-state index in [1.807, 2.05) is 18.2 Å². The molecular weight excluding hydrogens is 412 g/mol. The Hall–Kier alpha value is -3.46. The molecule has 1 aromatic heterocycles. The molecule has 3 heterocycles. The lowest BCUT2D eigenvalue weighted by Crippen LogP contribution is -2.51. The number of nitrogens with zero attached hydrogens (tertiary/aromatic N) is 2. The predicted molar refractivity (Wildman–Crippen MR) is 118 cm³/mol. The molecule has 2 N–H and O–H groups in total. The quantitative estimate of drug-likeness (QED) is 0.638. The fraction of sp³-hybridized carbons (Fsp3) is 0.391. The molecule has 9 nitrogen and oxygen atoms in total. The number of nitrogens with one attached hydrogen (secondary N) is 2. The molecule has 9 heteroatoms. The minimum Gasteiger partial charge on any atom is -0.495 e. The average Bonchev–Trinajstić information content (AvgIpc) is 3.34. The van der Waals surface area contributed by atoms with E-state index in [0.29, 0.717) is 23.6 Å². The number of urea groups is 1. The van der Waals surface area contributed by atoms with Gasteiger partial charge in [0.05, 0.1) is 31.2 Å². The van der Waals surface area contributed by atoms with Crippen LogP contribution in [0.4, 0.5) is 10.5 Å². The van der Waals surface area contributed by atoms with Gasteiger partial charge in [-0.3, -0.25) is 4.90 Å². The number of piperazine rings is 1. The van der Waals surface area contributed by atoms with Gasteiger partial charge in [0, 0.05) is 38.4 Å². The van der Waals surface area contributed by atoms with Crippen LogP contribution in [0.25, 0.3) is 0 Å². The monoisotopic (exact) mass is 440 g/mol. The Morgan fingerprint density at radius 1 is 1.16 bits per heavy atom. The first-order chi connectivity index (χ1) is 15.6. The van der Waals surface area contributed by atoms with Crippen molar-refractivity contribution in [1.82, 2.24) is 15.5 Å². The van der Waals surface area contributed by atoms with Crippen molar-refractivity contribution in [2.45, 2.75) is 13.0 Å². The van der Waals surface area contributed by atoms with Crippen LogP contribution in [0.5, 0.6) is 5.75 Å². The molecule has 0 spiro atoms. The molecule has 2 aromatic rings. The summed E-state index contributed by atoms with van der Waals surface area (Å²) in [6.07, 6.45) is 1.52. The second-order valence-electron chi connectivity index (χ2n) is 7.59. The Morgan fingerprint density at radius 2 is 1.94 bits per heavy atom. The fourth-order valence-electron chi connectivity index (χ4n) is 4.12. The number of hydrogen-bond donors (Lipinski definition) is 2. The highest BCUT2D eigenvalue weighted by Crippen LogP contribution is 2.30. The van der Waals surface area contributed by atoms with Crippen LogP contribution in [0.2, 0.25) is 0 Å². The molecule has 1 aromatic carbocycles. The maximum Gasteiger partial charge on any atom is 0.338 e. The Balaban J connectivity index is 1.52. The maximum absolute atomic E-state index is 12.8. The normalized spacial score (nSPS) is 19.4. The summed E-state index contributed by atoms with van der Waals surface area (Å²) in [6.45, 7) is 5.57. The van der Waals surface area contributed by atoms with Crippen LogP contribution in [-0.4, -0.2) is 63.3 Å². The zero-order chi connectivity index (χ0) is 22.5. The first-order valence-electron chi connectivity index (χ1n) is 10.7. The Morgan fingerprint density at radius 3 is 2.62 bits per heavy atom. The van der Waals surface area contributed by atoms with Crippen LogP contribution in [0.3, 0.4) is 0 Å². The molecule has 1 fully saturated rings.